The molecule has 23 heavy (non-hydrogen) atoms. The summed E-state index contributed by atoms with van der Waals surface area (Å²) >= 11 is 0. The molecule has 124 valence electrons. The third-order valence-corrected chi connectivity index (χ3v) is 4.30. The Morgan fingerprint density at radius 1 is 1.35 bits per heavy atom. The number of rotatable bonds is 5. The van der Waals surface area contributed by atoms with E-state index >= 15 is 0 Å². The van der Waals surface area contributed by atoms with Crippen molar-refractivity contribution in [3.05, 3.63) is 36.2 Å². The van der Waals surface area contributed by atoms with Gasteiger partial charge >= 0.3 is 0 Å². The van der Waals surface area contributed by atoms with E-state index in [0.29, 0.717) is 24.9 Å². The summed E-state index contributed by atoms with van der Waals surface area (Å²) in [5, 5.41) is 6.95. The lowest BCUT2D eigenvalue weighted by Gasteiger charge is -2.29. The third-order valence-electron chi connectivity index (χ3n) is 4.30. The maximum atomic E-state index is 12.6. The number of aromatic nitrogens is 3. The first-order chi connectivity index (χ1) is 11.1. The molecule has 1 N–H and O–H groups in total. The van der Waals surface area contributed by atoms with Crippen LogP contribution in [0.5, 0.6) is 0 Å². The van der Waals surface area contributed by atoms with E-state index in [-0.39, 0.29) is 23.9 Å². The van der Waals surface area contributed by atoms with Crippen LogP contribution in [0.4, 0.5) is 0 Å². The molecular weight excluding hydrogens is 296 g/mol. The Bertz CT molecular complexity index is 632. The van der Waals surface area contributed by atoms with Crippen LogP contribution in [-0.4, -0.2) is 33.8 Å². The van der Waals surface area contributed by atoms with Crippen LogP contribution < -0.4 is 5.32 Å². The molecule has 1 fully saturated rings. The average molecular weight is 318 g/mol. The van der Waals surface area contributed by atoms with Crippen LogP contribution in [0.15, 0.2) is 29.0 Å². The van der Waals surface area contributed by atoms with Gasteiger partial charge in [0.2, 0.25) is 11.8 Å². The van der Waals surface area contributed by atoms with Gasteiger partial charge < -0.3 is 19.1 Å². The standard InChI is InChI=1S/C16H22N4O3/c1-11(20-7-3-4-8-20)15(21)18-14(13-5-9-22-10-6-13)16-17-12(2)19-23-16/h3-4,7-8,11,13-14H,5-6,9-10H2,1-2H3,(H,18,21)/t11-,14+/m1/s1. The minimum absolute atomic E-state index is 0.0615. The van der Waals surface area contributed by atoms with Crippen molar-refractivity contribution < 1.29 is 14.1 Å². The zero-order chi connectivity index (χ0) is 16.2. The second-order valence-electron chi connectivity index (χ2n) is 5.92. The molecule has 0 radical (unpaired) electrons. The largest absolute Gasteiger partial charge is 0.381 e. The van der Waals surface area contributed by atoms with Gasteiger partial charge in [0.15, 0.2) is 5.82 Å². The zero-order valence-electron chi connectivity index (χ0n) is 13.4. The van der Waals surface area contributed by atoms with Crippen LogP contribution in [0.3, 0.4) is 0 Å². The number of nitrogens with one attached hydrogen (secondary N) is 1. The van der Waals surface area contributed by atoms with E-state index in [1.807, 2.05) is 36.0 Å². The van der Waals surface area contributed by atoms with Crippen LogP contribution in [0, 0.1) is 12.8 Å². The molecule has 0 spiro atoms. The topological polar surface area (TPSA) is 82.2 Å². The smallest absolute Gasteiger partial charge is 0.249 e. The minimum atomic E-state index is -0.295. The summed E-state index contributed by atoms with van der Waals surface area (Å²) in [6.45, 7) is 5.03. The number of carbonyl (C=O) groups excluding carboxylic acids is 1. The Kier molecular flexibility index (Phi) is 4.76. The molecule has 0 aromatic carbocycles. The van der Waals surface area contributed by atoms with Gasteiger partial charge in [-0.1, -0.05) is 5.16 Å². The number of ether oxygens (including phenoxy) is 1. The molecule has 0 aliphatic carbocycles. The van der Waals surface area contributed by atoms with E-state index in [1.165, 1.54) is 0 Å². The summed E-state index contributed by atoms with van der Waals surface area (Å²) in [5.41, 5.74) is 0. The molecule has 1 amide bonds. The first kappa shape index (κ1) is 15.7. The quantitative estimate of drug-likeness (QED) is 0.912. The van der Waals surface area contributed by atoms with Gasteiger partial charge in [-0.05, 0) is 44.7 Å². The van der Waals surface area contributed by atoms with Crippen molar-refractivity contribution in [2.45, 2.75) is 38.8 Å². The predicted octanol–water partition coefficient (Wildman–Crippen LogP) is 2.02. The number of hydrogen-bond donors (Lipinski definition) is 1. The van der Waals surface area contributed by atoms with E-state index in [2.05, 4.69) is 15.5 Å². The SMILES string of the molecule is Cc1noc([C@@H](NC(=O)[C@@H](C)n2cccc2)C2CCOCC2)n1. The van der Waals surface area contributed by atoms with E-state index in [0.717, 1.165) is 12.8 Å². The number of carbonyl (C=O) groups is 1. The molecule has 3 rings (SSSR count). The summed E-state index contributed by atoms with van der Waals surface area (Å²) < 4.78 is 12.6. The molecule has 1 aliphatic rings. The monoisotopic (exact) mass is 318 g/mol. The number of nitrogens with zero attached hydrogens (tertiary/aromatic N) is 3. The molecule has 7 heteroatoms. The highest BCUT2D eigenvalue weighted by Gasteiger charge is 2.32. The van der Waals surface area contributed by atoms with E-state index < -0.39 is 0 Å². The van der Waals surface area contributed by atoms with Crippen molar-refractivity contribution in [1.82, 2.24) is 20.0 Å². The molecule has 1 aliphatic heterocycles. The summed E-state index contributed by atoms with van der Waals surface area (Å²) in [6.07, 6.45) is 5.49. The molecule has 0 unspecified atom stereocenters. The fraction of sp³-hybridized carbons (Fsp3) is 0.562. The van der Waals surface area contributed by atoms with Crippen molar-refractivity contribution in [1.29, 1.82) is 0 Å². The van der Waals surface area contributed by atoms with Crippen molar-refractivity contribution in [3.63, 3.8) is 0 Å². The van der Waals surface area contributed by atoms with Crippen molar-refractivity contribution in [3.8, 4) is 0 Å². The predicted molar refractivity (Wildman–Crippen MR) is 82.6 cm³/mol. The number of aryl methyl sites for hydroxylation is 1. The second kappa shape index (κ2) is 6.95. The summed E-state index contributed by atoms with van der Waals surface area (Å²) in [4.78, 5) is 16.9. The lowest BCUT2D eigenvalue weighted by Crippen LogP contribution is -2.39. The maximum absolute atomic E-state index is 12.6. The van der Waals surface area contributed by atoms with E-state index in [4.69, 9.17) is 9.26 Å². The molecule has 0 saturated carbocycles. The van der Waals surface area contributed by atoms with Crippen LogP contribution >= 0.6 is 0 Å². The van der Waals surface area contributed by atoms with E-state index in [9.17, 15) is 4.79 Å². The maximum Gasteiger partial charge on any atom is 0.249 e. The van der Waals surface area contributed by atoms with Gasteiger partial charge in [-0.15, -0.1) is 0 Å². The van der Waals surface area contributed by atoms with E-state index in [1.54, 1.807) is 6.92 Å². The van der Waals surface area contributed by atoms with Crippen molar-refractivity contribution in [2.24, 2.45) is 5.92 Å². The molecule has 2 aromatic rings. The van der Waals surface area contributed by atoms with Gasteiger partial charge in [-0.3, -0.25) is 4.79 Å². The Hall–Kier alpha value is -2.15. The number of hydrogen-bond acceptors (Lipinski definition) is 5. The van der Waals surface area contributed by atoms with Gasteiger partial charge in [-0.2, -0.15) is 4.98 Å². The highest BCUT2D eigenvalue weighted by Crippen LogP contribution is 2.29. The number of amides is 1. The Labute approximate surface area is 135 Å². The van der Waals surface area contributed by atoms with Crippen LogP contribution in [-0.2, 0) is 9.53 Å². The highest BCUT2D eigenvalue weighted by molar-refractivity contribution is 5.80. The van der Waals surface area contributed by atoms with Gasteiger partial charge in [0.1, 0.15) is 12.1 Å². The first-order valence-corrected chi connectivity index (χ1v) is 7.96. The fourth-order valence-electron chi connectivity index (χ4n) is 2.89. The average Bonchev–Trinajstić information content (AvgIpc) is 3.24. The molecule has 2 atom stereocenters. The Morgan fingerprint density at radius 2 is 2.04 bits per heavy atom. The highest BCUT2D eigenvalue weighted by atomic mass is 16.5. The van der Waals surface area contributed by atoms with Gasteiger partial charge in [-0.25, -0.2) is 0 Å². The van der Waals surface area contributed by atoms with Gasteiger partial charge in [0.05, 0.1) is 0 Å². The fourth-order valence-corrected chi connectivity index (χ4v) is 2.89. The first-order valence-electron chi connectivity index (χ1n) is 7.96. The summed E-state index contributed by atoms with van der Waals surface area (Å²) in [6, 6.07) is 3.24. The summed E-state index contributed by atoms with van der Waals surface area (Å²) in [5.74, 6) is 1.23. The normalized spacial score (nSPS) is 18.5. The third kappa shape index (κ3) is 3.61. The molecule has 1 saturated heterocycles. The lowest BCUT2D eigenvalue weighted by molar-refractivity contribution is -0.125. The Morgan fingerprint density at radius 3 is 2.65 bits per heavy atom. The Balaban J connectivity index is 1.76. The minimum Gasteiger partial charge on any atom is -0.381 e. The molecule has 7 nitrogen and oxygen atoms in total. The van der Waals surface area contributed by atoms with Crippen molar-refractivity contribution >= 4 is 5.91 Å². The lowest BCUT2D eigenvalue weighted by atomic mass is 9.91. The second-order valence-corrected chi connectivity index (χ2v) is 5.92. The van der Waals surface area contributed by atoms with Crippen LogP contribution in [0.2, 0.25) is 0 Å². The van der Waals surface area contributed by atoms with Gasteiger partial charge in [0.25, 0.3) is 0 Å². The molecule has 2 aromatic heterocycles. The molecule has 3 heterocycles. The summed E-state index contributed by atoms with van der Waals surface area (Å²) in [7, 11) is 0. The molecular formula is C16H22N4O3. The van der Waals surface area contributed by atoms with Crippen LogP contribution in [0.25, 0.3) is 0 Å². The van der Waals surface area contributed by atoms with Crippen molar-refractivity contribution in [2.75, 3.05) is 13.2 Å². The van der Waals surface area contributed by atoms with Gasteiger partial charge in [0, 0.05) is 25.6 Å². The van der Waals surface area contributed by atoms with Crippen LogP contribution in [0.1, 0.15) is 43.6 Å². The zero-order valence-corrected chi connectivity index (χ0v) is 13.4. The molecule has 0 bridgehead atoms.